The van der Waals surface area contributed by atoms with E-state index in [1.54, 1.807) is 0 Å². The molecule has 3 rings (SSSR count). The lowest BCUT2D eigenvalue weighted by molar-refractivity contribution is 0.107. The lowest BCUT2D eigenvalue weighted by Crippen LogP contribution is -2.24. The predicted octanol–water partition coefficient (Wildman–Crippen LogP) is 2.93. The number of hydrogen-bond donors (Lipinski definition) is 0. The summed E-state index contributed by atoms with van der Waals surface area (Å²) in [5, 5.41) is 0. The number of aromatic nitrogens is 1. The fraction of sp³-hybridized carbons (Fsp3) is 0.722. The van der Waals surface area contributed by atoms with Crippen LogP contribution < -0.4 is 0 Å². The fourth-order valence-corrected chi connectivity index (χ4v) is 3.47. The summed E-state index contributed by atoms with van der Waals surface area (Å²) in [4.78, 5) is 7.47. The van der Waals surface area contributed by atoms with Crippen molar-refractivity contribution in [3.8, 4) is 0 Å². The second-order valence-electron chi connectivity index (χ2n) is 6.87. The molecule has 1 aromatic heterocycles. The van der Waals surface area contributed by atoms with E-state index in [1.165, 1.54) is 17.0 Å². The van der Waals surface area contributed by atoms with Crippen LogP contribution in [0.15, 0.2) is 12.1 Å². The number of ether oxygens (including phenoxy) is 2. The van der Waals surface area contributed by atoms with E-state index < -0.39 is 0 Å². The molecular weight excluding hydrogens is 276 g/mol. The van der Waals surface area contributed by atoms with E-state index in [-0.39, 0.29) is 0 Å². The Balaban J connectivity index is 1.80. The molecule has 3 heterocycles. The van der Waals surface area contributed by atoms with Gasteiger partial charge in [-0.2, -0.15) is 0 Å². The molecule has 4 nitrogen and oxygen atoms in total. The largest absolute Gasteiger partial charge is 0.381 e. The van der Waals surface area contributed by atoms with Gasteiger partial charge in [-0.3, -0.25) is 9.88 Å². The molecular formula is C18H28N2O2. The summed E-state index contributed by atoms with van der Waals surface area (Å²) in [5.74, 6) is 0.988. The van der Waals surface area contributed by atoms with Crippen LogP contribution in [0, 0.1) is 0 Å². The maximum Gasteiger partial charge on any atom is 0.0710 e. The zero-order valence-corrected chi connectivity index (χ0v) is 14.0. The number of likely N-dealkylation sites (tertiary alicyclic amines) is 1. The van der Waals surface area contributed by atoms with Gasteiger partial charge in [0.2, 0.25) is 0 Å². The second kappa shape index (κ2) is 7.07. The molecule has 0 unspecified atom stereocenters. The topological polar surface area (TPSA) is 34.6 Å². The van der Waals surface area contributed by atoms with Crippen LogP contribution in [0.4, 0.5) is 0 Å². The highest BCUT2D eigenvalue weighted by atomic mass is 16.5. The molecule has 122 valence electrons. The van der Waals surface area contributed by atoms with Crippen LogP contribution >= 0.6 is 0 Å². The summed E-state index contributed by atoms with van der Waals surface area (Å²) in [7, 11) is 1.81. The van der Waals surface area contributed by atoms with E-state index in [0.29, 0.717) is 17.9 Å². The van der Waals surface area contributed by atoms with E-state index in [1.807, 2.05) is 7.11 Å². The molecule has 0 spiro atoms. The van der Waals surface area contributed by atoms with Crippen molar-refractivity contribution in [1.82, 2.24) is 9.88 Å². The number of pyridine rings is 1. The molecule has 2 saturated heterocycles. The van der Waals surface area contributed by atoms with Crippen molar-refractivity contribution in [3.05, 3.63) is 29.1 Å². The minimum atomic E-state index is 0.381. The van der Waals surface area contributed by atoms with Gasteiger partial charge in [0.25, 0.3) is 0 Å². The quantitative estimate of drug-likeness (QED) is 0.838. The molecule has 22 heavy (non-hydrogen) atoms. The van der Waals surface area contributed by atoms with Crippen LogP contribution in [0.5, 0.6) is 0 Å². The highest BCUT2D eigenvalue weighted by Gasteiger charge is 2.26. The van der Waals surface area contributed by atoms with E-state index in [4.69, 9.17) is 14.5 Å². The van der Waals surface area contributed by atoms with Crippen molar-refractivity contribution in [2.24, 2.45) is 0 Å². The Hall–Kier alpha value is -0.970. The van der Waals surface area contributed by atoms with Gasteiger partial charge in [-0.05, 0) is 30.4 Å². The summed E-state index contributed by atoms with van der Waals surface area (Å²) in [6, 6.07) is 4.49. The normalized spacial score (nSPS) is 26.2. The average molecular weight is 304 g/mol. The third-order valence-electron chi connectivity index (χ3n) is 4.93. The first-order valence-corrected chi connectivity index (χ1v) is 8.50. The second-order valence-corrected chi connectivity index (χ2v) is 6.87. The fourth-order valence-electron chi connectivity index (χ4n) is 3.47. The summed E-state index contributed by atoms with van der Waals surface area (Å²) in [6.07, 6.45) is 2.63. The third kappa shape index (κ3) is 3.50. The van der Waals surface area contributed by atoms with Crippen LogP contribution in [0.25, 0.3) is 0 Å². The van der Waals surface area contributed by atoms with Gasteiger partial charge in [-0.1, -0.05) is 19.9 Å². The van der Waals surface area contributed by atoms with Crippen molar-refractivity contribution < 1.29 is 9.47 Å². The maximum atomic E-state index is 5.59. The molecule has 0 radical (unpaired) electrons. The molecule has 2 fully saturated rings. The zero-order chi connectivity index (χ0) is 15.5. The Morgan fingerprint density at radius 3 is 2.86 bits per heavy atom. The van der Waals surface area contributed by atoms with Gasteiger partial charge < -0.3 is 9.47 Å². The van der Waals surface area contributed by atoms with E-state index in [0.717, 1.165) is 45.7 Å². The predicted molar refractivity (Wildman–Crippen MR) is 87.2 cm³/mol. The Bertz CT molecular complexity index is 498. The zero-order valence-electron chi connectivity index (χ0n) is 14.0. The smallest absolute Gasteiger partial charge is 0.0710 e. The molecule has 0 amide bonds. The van der Waals surface area contributed by atoms with Gasteiger partial charge in [0.1, 0.15) is 0 Å². The van der Waals surface area contributed by atoms with Crippen LogP contribution in [-0.4, -0.2) is 49.4 Å². The molecule has 0 N–H and O–H groups in total. The summed E-state index contributed by atoms with van der Waals surface area (Å²) >= 11 is 0. The molecule has 4 heteroatoms. The minimum Gasteiger partial charge on any atom is -0.381 e. The lowest BCUT2D eigenvalue weighted by atomic mass is 9.95. The standard InChI is InChI=1S/C18H28N2O2/c1-13(2)17-5-4-16(14-7-9-22-12-14)18(19-17)11-20-8-6-15(10-20)21-3/h4-5,13-15H,6-12H2,1-3H3/t14-,15-/m0/s1. The van der Waals surface area contributed by atoms with Gasteiger partial charge in [0.05, 0.1) is 18.4 Å². The molecule has 2 atom stereocenters. The number of hydrogen-bond acceptors (Lipinski definition) is 4. The van der Waals surface area contributed by atoms with Gasteiger partial charge in [-0.15, -0.1) is 0 Å². The first-order chi connectivity index (χ1) is 10.7. The van der Waals surface area contributed by atoms with Crippen LogP contribution in [-0.2, 0) is 16.0 Å². The summed E-state index contributed by atoms with van der Waals surface area (Å²) in [6.45, 7) is 9.20. The molecule has 2 aliphatic rings. The third-order valence-corrected chi connectivity index (χ3v) is 4.93. The van der Waals surface area contributed by atoms with Crippen LogP contribution in [0.2, 0.25) is 0 Å². The van der Waals surface area contributed by atoms with E-state index in [9.17, 15) is 0 Å². The SMILES string of the molecule is CO[C@H]1CCN(Cc2nc(C(C)C)ccc2[C@H]2CCOC2)C1. The van der Waals surface area contributed by atoms with Crippen LogP contribution in [0.3, 0.4) is 0 Å². The van der Waals surface area contributed by atoms with Gasteiger partial charge in [-0.25, -0.2) is 0 Å². The molecule has 2 aliphatic heterocycles. The molecule has 0 aliphatic carbocycles. The number of methoxy groups -OCH3 is 1. The number of nitrogens with zero attached hydrogens (tertiary/aromatic N) is 2. The summed E-state index contributed by atoms with van der Waals surface area (Å²) < 4.78 is 11.1. The van der Waals surface area contributed by atoms with Crippen molar-refractivity contribution in [3.63, 3.8) is 0 Å². The van der Waals surface area contributed by atoms with Crippen LogP contribution in [0.1, 0.15) is 55.5 Å². The Morgan fingerprint density at radius 1 is 1.36 bits per heavy atom. The van der Waals surface area contributed by atoms with Crippen molar-refractivity contribution in [2.45, 2.75) is 51.2 Å². The molecule has 0 aromatic carbocycles. The molecule has 1 aromatic rings. The van der Waals surface area contributed by atoms with Gasteiger partial charge in [0.15, 0.2) is 0 Å². The van der Waals surface area contributed by atoms with E-state index in [2.05, 4.69) is 30.9 Å². The molecule has 0 saturated carbocycles. The van der Waals surface area contributed by atoms with Crippen molar-refractivity contribution >= 4 is 0 Å². The highest BCUT2D eigenvalue weighted by molar-refractivity contribution is 5.29. The minimum absolute atomic E-state index is 0.381. The van der Waals surface area contributed by atoms with Crippen molar-refractivity contribution in [1.29, 1.82) is 0 Å². The Labute approximate surface area is 133 Å². The average Bonchev–Trinajstić information content (AvgIpc) is 3.18. The number of rotatable bonds is 5. The van der Waals surface area contributed by atoms with Gasteiger partial charge >= 0.3 is 0 Å². The first-order valence-electron chi connectivity index (χ1n) is 8.50. The maximum absolute atomic E-state index is 5.59. The van der Waals surface area contributed by atoms with Crippen molar-refractivity contribution in [2.75, 3.05) is 33.4 Å². The Morgan fingerprint density at radius 2 is 2.23 bits per heavy atom. The summed E-state index contributed by atoms with van der Waals surface area (Å²) in [5.41, 5.74) is 3.83. The van der Waals surface area contributed by atoms with E-state index >= 15 is 0 Å². The molecule has 0 bridgehead atoms. The first kappa shape index (κ1) is 15.9. The van der Waals surface area contributed by atoms with Gasteiger partial charge in [0, 0.05) is 45.0 Å². The monoisotopic (exact) mass is 304 g/mol. The lowest BCUT2D eigenvalue weighted by Gasteiger charge is -2.21. The Kier molecular flexibility index (Phi) is 5.11. The highest BCUT2D eigenvalue weighted by Crippen LogP contribution is 2.30.